The Kier molecular flexibility index (Phi) is 4.27. The topological polar surface area (TPSA) is 68.6 Å². The maximum atomic E-state index is 12.7. The molecule has 0 amide bonds. The molecule has 0 aliphatic rings. The fourth-order valence-electron chi connectivity index (χ4n) is 2.10. The van der Waals surface area contributed by atoms with Crippen molar-refractivity contribution in [2.24, 2.45) is 7.05 Å². The largest absolute Gasteiger partial charge is 0.464 e. The molecular formula is C15H18N2O4S. The molecule has 0 aliphatic heterocycles. The molecule has 0 bridgehead atoms. The van der Waals surface area contributed by atoms with Gasteiger partial charge in [-0.15, -0.1) is 0 Å². The van der Waals surface area contributed by atoms with E-state index in [1.807, 2.05) is 13.0 Å². The average molecular weight is 322 g/mol. The number of hydrogen-bond acceptors (Lipinski definition) is 4. The number of hydrogen-bond donors (Lipinski definition) is 0. The van der Waals surface area contributed by atoms with Crippen LogP contribution in [0, 0.1) is 6.92 Å². The molecule has 7 heteroatoms. The van der Waals surface area contributed by atoms with Crippen LogP contribution in [0.1, 0.15) is 16.1 Å². The van der Waals surface area contributed by atoms with Gasteiger partial charge in [0.05, 0.1) is 12.8 Å². The summed E-state index contributed by atoms with van der Waals surface area (Å²) in [5, 5.41) is 0. The number of esters is 1. The predicted octanol–water partition coefficient (Wildman–Crippen LogP) is 1.95. The molecule has 0 saturated carbocycles. The maximum Gasteiger partial charge on any atom is 0.354 e. The van der Waals surface area contributed by atoms with Crippen LogP contribution in [0.2, 0.25) is 0 Å². The Morgan fingerprint density at radius 3 is 2.55 bits per heavy atom. The van der Waals surface area contributed by atoms with Gasteiger partial charge in [-0.2, -0.15) is 0 Å². The monoisotopic (exact) mass is 322 g/mol. The lowest BCUT2D eigenvalue weighted by molar-refractivity contribution is 0.0590. The second-order valence-corrected chi connectivity index (χ2v) is 6.94. The summed E-state index contributed by atoms with van der Waals surface area (Å²) < 4.78 is 32.6. The van der Waals surface area contributed by atoms with Crippen LogP contribution in [-0.4, -0.2) is 33.1 Å². The van der Waals surface area contributed by atoms with Crippen LogP contribution >= 0.6 is 0 Å². The Morgan fingerprint density at radius 2 is 1.95 bits per heavy atom. The molecule has 1 aromatic heterocycles. The van der Waals surface area contributed by atoms with Crippen LogP contribution in [-0.2, 0) is 21.8 Å². The van der Waals surface area contributed by atoms with Gasteiger partial charge in [-0.25, -0.2) is 13.2 Å². The summed E-state index contributed by atoms with van der Waals surface area (Å²) in [6, 6.07) is 8.49. The minimum Gasteiger partial charge on any atom is -0.464 e. The summed E-state index contributed by atoms with van der Waals surface area (Å²) >= 11 is 0. The Labute approximate surface area is 130 Å². The first-order valence-electron chi connectivity index (χ1n) is 6.57. The number of nitrogens with zero attached hydrogens (tertiary/aromatic N) is 2. The van der Waals surface area contributed by atoms with Crippen LogP contribution in [0.15, 0.2) is 41.4 Å². The van der Waals surface area contributed by atoms with Crippen molar-refractivity contribution in [1.29, 1.82) is 0 Å². The van der Waals surface area contributed by atoms with E-state index in [0.717, 1.165) is 5.56 Å². The second kappa shape index (κ2) is 5.84. The summed E-state index contributed by atoms with van der Waals surface area (Å²) in [4.78, 5) is 11.6. The molecule has 2 rings (SSSR count). The van der Waals surface area contributed by atoms with Crippen molar-refractivity contribution in [2.45, 2.75) is 11.8 Å². The first-order chi connectivity index (χ1) is 10.3. The zero-order chi connectivity index (χ0) is 16.5. The minimum atomic E-state index is -3.75. The number of benzene rings is 1. The van der Waals surface area contributed by atoms with E-state index >= 15 is 0 Å². The van der Waals surface area contributed by atoms with Gasteiger partial charge in [-0.05, 0) is 30.7 Å². The average Bonchev–Trinajstić information content (AvgIpc) is 2.88. The zero-order valence-electron chi connectivity index (χ0n) is 12.9. The van der Waals surface area contributed by atoms with E-state index in [-0.39, 0.29) is 10.6 Å². The molecule has 0 unspecified atom stereocenters. The second-order valence-electron chi connectivity index (χ2n) is 4.98. The van der Waals surface area contributed by atoms with Crippen molar-refractivity contribution in [3.8, 4) is 0 Å². The van der Waals surface area contributed by atoms with Crippen molar-refractivity contribution in [1.82, 2.24) is 4.57 Å². The van der Waals surface area contributed by atoms with Gasteiger partial charge in [0.15, 0.2) is 0 Å². The highest BCUT2D eigenvalue weighted by molar-refractivity contribution is 7.92. The first kappa shape index (κ1) is 16.1. The van der Waals surface area contributed by atoms with Crippen LogP contribution in [0.5, 0.6) is 0 Å². The summed E-state index contributed by atoms with van der Waals surface area (Å²) in [6.45, 7) is 1.89. The van der Waals surface area contributed by atoms with Crippen LogP contribution in [0.4, 0.5) is 5.69 Å². The number of anilines is 1. The predicted molar refractivity (Wildman–Crippen MR) is 83.5 cm³/mol. The van der Waals surface area contributed by atoms with Gasteiger partial charge in [-0.3, -0.25) is 4.31 Å². The number of carbonyl (C=O) groups is 1. The van der Waals surface area contributed by atoms with Gasteiger partial charge in [0.2, 0.25) is 0 Å². The lowest BCUT2D eigenvalue weighted by Crippen LogP contribution is -2.26. The summed E-state index contributed by atoms with van der Waals surface area (Å²) in [5.74, 6) is -0.581. The van der Waals surface area contributed by atoms with Gasteiger partial charge in [-0.1, -0.05) is 12.1 Å². The van der Waals surface area contributed by atoms with Gasteiger partial charge in [0.25, 0.3) is 10.0 Å². The minimum absolute atomic E-state index is 0.0411. The quantitative estimate of drug-likeness (QED) is 0.807. The zero-order valence-corrected chi connectivity index (χ0v) is 13.7. The number of rotatable bonds is 4. The Bertz CT molecular complexity index is 809. The third kappa shape index (κ3) is 2.85. The van der Waals surface area contributed by atoms with Gasteiger partial charge in [0, 0.05) is 20.3 Å². The van der Waals surface area contributed by atoms with Gasteiger partial charge >= 0.3 is 5.97 Å². The van der Waals surface area contributed by atoms with E-state index in [4.69, 9.17) is 0 Å². The van der Waals surface area contributed by atoms with Crippen LogP contribution in [0.3, 0.4) is 0 Å². The molecule has 22 heavy (non-hydrogen) atoms. The van der Waals surface area contributed by atoms with Crippen LogP contribution in [0.25, 0.3) is 0 Å². The molecule has 0 fully saturated rings. The maximum absolute atomic E-state index is 12.7. The fraction of sp³-hybridized carbons (Fsp3) is 0.267. The fourth-order valence-corrected chi connectivity index (χ4v) is 3.36. The van der Waals surface area contributed by atoms with Gasteiger partial charge < -0.3 is 9.30 Å². The third-order valence-electron chi connectivity index (χ3n) is 3.40. The van der Waals surface area contributed by atoms with E-state index in [1.165, 1.54) is 35.3 Å². The van der Waals surface area contributed by atoms with E-state index in [2.05, 4.69) is 4.74 Å². The van der Waals surface area contributed by atoms with Crippen molar-refractivity contribution in [3.05, 3.63) is 47.8 Å². The SMILES string of the molecule is COC(=O)c1cc(S(=O)(=O)N(C)c2cccc(C)c2)cn1C. The lowest BCUT2D eigenvalue weighted by atomic mass is 10.2. The molecule has 0 saturated heterocycles. The molecule has 1 heterocycles. The number of sulfonamides is 1. The van der Waals surface area contributed by atoms with E-state index in [0.29, 0.717) is 5.69 Å². The summed E-state index contributed by atoms with van der Waals surface area (Å²) in [6.07, 6.45) is 1.40. The highest BCUT2D eigenvalue weighted by atomic mass is 32.2. The Balaban J connectivity index is 2.44. The number of ether oxygens (including phenoxy) is 1. The first-order valence-corrected chi connectivity index (χ1v) is 8.01. The third-order valence-corrected chi connectivity index (χ3v) is 5.15. The summed E-state index contributed by atoms with van der Waals surface area (Å²) in [7, 11) is 0.581. The standard InChI is InChI=1S/C15H18N2O4S/c1-11-6-5-7-12(8-11)17(3)22(19,20)13-9-14(15(18)21-4)16(2)10-13/h5-10H,1-4H3. The molecule has 0 aliphatic carbocycles. The highest BCUT2D eigenvalue weighted by Crippen LogP contribution is 2.24. The molecule has 118 valence electrons. The molecule has 2 aromatic rings. The highest BCUT2D eigenvalue weighted by Gasteiger charge is 2.25. The molecular weight excluding hydrogens is 304 g/mol. The molecule has 0 radical (unpaired) electrons. The molecule has 0 spiro atoms. The Hall–Kier alpha value is -2.28. The van der Waals surface area contributed by atoms with Crippen molar-refractivity contribution >= 4 is 21.7 Å². The molecule has 0 N–H and O–H groups in total. The smallest absolute Gasteiger partial charge is 0.354 e. The van der Waals surface area contributed by atoms with Crippen molar-refractivity contribution < 1.29 is 17.9 Å². The van der Waals surface area contributed by atoms with Crippen molar-refractivity contribution in [3.63, 3.8) is 0 Å². The van der Waals surface area contributed by atoms with Crippen molar-refractivity contribution in [2.75, 3.05) is 18.5 Å². The van der Waals surface area contributed by atoms with E-state index in [1.54, 1.807) is 25.2 Å². The van der Waals surface area contributed by atoms with Gasteiger partial charge in [0.1, 0.15) is 10.6 Å². The number of methoxy groups -OCH3 is 1. The normalized spacial score (nSPS) is 11.3. The van der Waals surface area contributed by atoms with E-state index in [9.17, 15) is 13.2 Å². The molecule has 6 nitrogen and oxygen atoms in total. The lowest BCUT2D eigenvalue weighted by Gasteiger charge is -2.19. The molecule has 0 atom stereocenters. The summed E-state index contributed by atoms with van der Waals surface area (Å²) in [5.41, 5.74) is 1.70. The van der Waals surface area contributed by atoms with E-state index < -0.39 is 16.0 Å². The Morgan fingerprint density at radius 1 is 1.27 bits per heavy atom. The molecule has 1 aromatic carbocycles. The number of aryl methyl sites for hydroxylation is 2. The number of carbonyl (C=O) groups excluding carboxylic acids is 1. The number of aromatic nitrogens is 1. The van der Waals surface area contributed by atoms with Crippen LogP contribution < -0.4 is 4.31 Å².